The van der Waals surface area contributed by atoms with Crippen molar-refractivity contribution in [3.63, 3.8) is 0 Å². The number of anilines is 1. The van der Waals surface area contributed by atoms with Gasteiger partial charge in [0.15, 0.2) is 0 Å². The Morgan fingerprint density at radius 3 is 2.59 bits per heavy atom. The Morgan fingerprint density at radius 2 is 2.00 bits per heavy atom. The molecule has 0 unspecified atom stereocenters. The van der Waals surface area contributed by atoms with E-state index >= 15 is 0 Å². The van der Waals surface area contributed by atoms with Crippen LogP contribution in [0.4, 0.5) is 19.0 Å². The number of nitriles is 1. The zero-order chi connectivity index (χ0) is 25.0. The van der Waals surface area contributed by atoms with E-state index in [2.05, 4.69) is 4.98 Å². The number of nitrogens with one attached hydrogen (secondary N) is 1. The number of hydrogen-bond donors (Lipinski definition) is 1. The van der Waals surface area contributed by atoms with Gasteiger partial charge < -0.3 is 9.64 Å². The quantitative estimate of drug-likeness (QED) is 0.549. The number of hydrogen-bond acceptors (Lipinski definition) is 8. The fourth-order valence-electron chi connectivity index (χ4n) is 3.28. The third-order valence-electron chi connectivity index (χ3n) is 4.99. The molecule has 1 aromatic carbocycles. The smallest absolute Gasteiger partial charge is 0.340 e. The molecule has 2 heterocycles. The second kappa shape index (κ2) is 10.1. The first-order chi connectivity index (χ1) is 16.1. The maximum atomic E-state index is 13.7. The van der Waals surface area contributed by atoms with E-state index in [9.17, 15) is 36.4 Å². The van der Waals surface area contributed by atoms with Crippen LogP contribution in [0.2, 0.25) is 0 Å². The van der Waals surface area contributed by atoms with E-state index in [0.29, 0.717) is 6.07 Å². The van der Waals surface area contributed by atoms with Crippen LogP contribution in [-0.2, 0) is 32.0 Å². The third kappa shape index (κ3) is 5.45. The number of carbonyl (C=O) groups excluding carboxylic acids is 2. The predicted molar refractivity (Wildman–Crippen MR) is 113 cm³/mol. The van der Waals surface area contributed by atoms with Crippen LogP contribution in [0.25, 0.3) is 0 Å². The standard InChI is InChI=1S/C21H19F3N4O5S/c1-2-33-21(30)16-5-13(8-25)19(26-18(16)7-22)28-9-14(10-28)20(29)27-34(31,32)11-12-3-4-15(23)6-17(12)24/h3-6,14H,2,7,9-11H2,1H3,(H,27,29). The number of amides is 1. The maximum absolute atomic E-state index is 13.7. The molecule has 1 N–H and O–H groups in total. The van der Waals surface area contributed by atoms with Crippen molar-refractivity contribution in [2.45, 2.75) is 19.4 Å². The molecular formula is C21H19F3N4O5S. The number of halogens is 3. The van der Waals surface area contributed by atoms with E-state index < -0.39 is 51.9 Å². The number of esters is 1. The third-order valence-corrected chi connectivity index (χ3v) is 6.20. The summed E-state index contributed by atoms with van der Waals surface area (Å²) in [5.41, 5.74) is -0.762. The topological polar surface area (TPSA) is 129 Å². The zero-order valence-electron chi connectivity index (χ0n) is 17.8. The second-order valence-corrected chi connectivity index (χ2v) is 9.11. The summed E-state index contributed by atoms with van der Waals surface area (Å²) in [6.45, 7) is 0.467. The number of sulfonamides is 1. The molecule has 1 amide bonds. The summed E-state index contributed by atoms with van der Waals surface area (Å²) in [6.07, 6.45) is 0. The Kier molecular flexibility index (Phi) is 7.41. The SMILES string of the molecule is CCOC(=O)c1cc(C#N)c(N2CC(C(=O)NS(=O)(=O)Cc3ccc(F)cc3F)C2)nc1CF. The monoisotopic (exact) mass is 496 g/mol. The first kappa shape index (κ1) is 25.0. The van der Waals surface area contributed by atoms with Gasteiger partial charge in [0, 0.05) is 24.7 Å². The van der Waals surface area contributed by atoms with E-state index in [0.717, 1.165) is 18.2 Å². The molecular weight excluding hydrogens is 477 g/mol. The van der Waals surface area contributed by atoms with Crippen LogP contribution in [0, 0.1) is 28.9 Å². The number of alkyl halides is 1. The molecule has 0 radical (unpaired) electrons. The Labute approximate surface area is 193 Å². The summed E-state index contributed by atoms with van der Waals surface area (Å²) in [5, 5.41) is 9.42. The highest BCUT2D eigenvalue weighted by Crippen LogP contribution is 2.29. The Balaban J connectivity index is 1.69. The van der Waals surface area contributed by atoms with Gasteiger partial charge in [0.05, 0.1) is 35.1 Å². The summed E-state index contributed by atoms with van der Waals surface area (Å²) in [6, 6.07) is 5.42. The van der Waals surface area contributed by atoms with Crippen molar-refractivity contribution >= 4 is 27.7 Å². The highest BCUT2D eigenvalue weighted by atomic mass is 32.2. The zero-order valence-corrected chi connectivity index (χ0v) is 18.7. The van der Waals surface area contributed by atoms with Gasteiger partial charge in [0.2, 0.25) is 15.9 Å². The van der Waals surface area contributed by atoms with E-state index in [4.69, 9.17) is 4.74 Å². The normalized spacial score (nSPS) is 13.7. The Bertz CT molecular complexity index is 1270. The first-order valence-corrected chi connectivity index (χ1v) is 11.6. The molecule has 0 saturated carbocycles. The van der Waals surface area contributed by atoms with Gasteiger partial charge in [-0.25, -0.2) is 31.4 Å². The maximum Gasteiger partial charge on any atom is 0.340 e. The van der Waals surface area contributed by atoms with Crippen LogP contribution in [-0.4, -0.2) is 45.0 Å². The second-order valence-electron chi connectivity index (χ2n) is 7.38. The van der Waals surface area contributed by atoms with Gasteiger partial charge in [-0.15, -0.1) is 0 Å². The summed E-state index contributed by atoms with van der Waals surface area (Å²) >= 11 is 0. The number of nitrogens with zero attached hydrogens (tertiary/aromatic N) is 3. The number of pyridine rings is 1. The van der Waals surface area contributed by atoms with Crippen molar-refractivity contribution in [1.29, 1.82) is 5.26 Å². The Morgan fingerprint density at radius 1 is 1.29 bits per heavy atom. The van der Waals surface area contributed by atoms with Crippen LogP contribution in [0.3, 0.4) is 0 Å². The van der Waals surface area contributed by atoms with Crippen molar-refractivity contribution in [2.24, 2.45) is 5.92 Å². The Hall–Kier alpha value is -3.66. The minimum atomic E-state index is -4.27. The lowest BCUT2D eigenvalue weighted by atomic mass is 9.98. The van der Waals surface area contributed by atoms with Crippen LogP contribution in [0.15, 0.2) is 24.3 Å². The fourth-order valence-corrected chi connectivity index (χ4v) is 4.47. The predicted octanol–water partition coefficient (Wildman–Crippen LogP) is 1.96. The highest BCUT2D eigenvalue weighted by Gasteiger charge is 2.37. The number of ether oxygens (including phenoxy) is 1. The van der Waals surface area contributed by atoms with Crippen molar-refractivity contribution in [2.75, 3.05) is 24.6 Å². The van der Waals surface area contributed by atoms with Crippen molar-refractivity contribution in [3.8, 4) is 6.07 Å². The molecule has 1 saturated heterocycles. The van der Waals surface area contributed by atoms with Crippen molar-refractivity contribution in [3.05, 3.63) is 58.3 Å². The van der Waals surface area contributed by atoms with Gasteiger partial charge in [0.25, 0.3) is 0 Å². The summed E-state index contributed by atoms with van der Waals surface area (Å²) in [5.74, 6) is -5.23. The molecule has 0 aliphatic carbocycles. The van der Waals surface area contributed by atoms with E-state index in [1.807, 2.05) is 10.8 Å². The fraction of sp³-hybridized carbons (Fsp3) is 0.333. The summed E-state index contributed by atoms with van der Waals surface area (Å²) < 4.78 is 71.3. The van der Waals surface area contributed by atoms with E-state index in [-0.39, 0.29) is 47.9 Å². The lowest BCUT2D eigenvalue weighted by molar-refractivity contribution is -0.123. The lowest BCUT2D eigenvalue weighted by Gasteiger charge is -2.39. The lowest BCUT2D eigenvalue weighted by Crippen LogP contribution is -2.55. The largest absolute Gasteiger partial charge is 0.462 e. The molecule has 0 atom stereocenters. The van der Waals surface area contributed by atoms with Gasteiger partial charge in [-0.1, -0.05) is 6.07 Å². The van der Waals surface area contributed by atoms with Gasteiger partial charge >= 0.3 is 5.97 Å². The van der Waals surface area contributed by atoms with Gasteiger partial charge in [0.1, 0.15) is 30.2 Å². The summed E-state index contributed by atoms with van der Waals surface area (Å²) in [7, 11) is -4.27. The molecule has 13 heteroatoms. The molecule has 180 valence electrons. The van der Waals surface area contributed by atoms with Gasteiger partial charge in [-0.3, -0.25) is 9.52 Å². The molecule has 0 bridgehead atoms. The molecule has 34 heavy (non-hydrogen) atoms. The number of benzene rings is 1. The van der Waals surface area contributed by atoms with Crippen LogP contribution in [0.1, 0.15) is 34.1 Å². The first-order valence-electron chi connectivity index (χ1n) is 9.98. The molecule has 2 aromatic rings. The minimum Gasteiger partial charge on any atom is -0.462 e. The highest BCUT2D eigenvalue weighted by molar-refractivity contribution is 7.89. The van der Waals surface area contributed by atoms with Crippen LogP contribution < -0.4 is 9.62 Å². The molecule has 1 aliphatic heterocycles. The number of rotatable bonds is 8. The average Bonchev–Trinajstić information content (AvgIpc) is 2.74. The van der Waals surface area contributed by atoms with E-state index in [1.54, 1.807) is 6.92 Å². The van der Waals surface area contributed by atoms with Crippen molar-refractivity contribution in [1.82, 2.24) is 9.71 Å². The average molecular weight is 496 g/mol. The van der Waals surface area contributed by atoms with Crippen LogP contribution in [0.5, 0.6) is 0 Å². The molecule has 0 spiro atoms. The van der Waals surface area contributed by atoms with Gasteiger partial charge in [-0.05, 0) is 19.1 Å². The van der Waals surface area contributed by atoms with Crippen molar-refractivity contribution < 1.29 is 35.9 Å². The summed E-state index contributed by atoms with van der Waals surface area (Å²) in [4.78, 5) is 29.9. The van der Waals surface area contributed by atoms with Gasteiger partial charge in [-0.2, -0.15) is 5.26 Å². The minimum absolute atomic E-state index is 0.0293. The molecule has 1 aliphatic rings. The molecule has 3 rings (SSSR count). The number of carbonyl (C=O) groups is 2. The molecule has 1 fully saturated rings. The van der Waals surface area contributed by atoms with E-state index in [1.165, 1.54) is 4.90 Å². The molecule has 9 nitrogen and oxygen atoms in total. The molecule has 1 aromatic heterocycles. The van der Waals surface area contributed by atoms with Crippen LogP contribution >= 0.6 is 0 Å². The number of aromatic nitrogens is 1.